The van der Waals surface area contributed by atoms with Crippen LogP contribution in [0.1, 0.15) is 26.3 Å². The molecule has 0 saturated carbocycles. The zero-order chi connectivity index (χ0) is 17.5. The zero-order valence-electron chi connectivity index (χ0n) is 13.5. The lowest BCUT2D eigenvalue weighted by molar-refractivity contribution is 0.321. The fraction of sp³-hybridized carbons (Fsp3) is 0.500. The fourth-order valence-corrected chi connectivity index (χ4v) is 1.43. The van der Waals surface area contributed by atoms with Crippen LogP contribution in [0.25, 0.3) is 0 Å². The van der Waals surface area contributed by atoms with Crippen molar-refractivity contribution in [3.63, 3.8) is 0 Å². The van der Waals surface area contributed by atoms with Gasteiger partial charge in [-0.15, -0.1) is 0 Å². The predicted octanol–water partition coefficient (Wildman–Crippen LogP) is 2.78. The Morgan fingerprint density at radius 1 is 1.18 bits per heavy atom. The van der Waals surface area contributed by atoms with Gasteiger partial charge in [0.25, 0.3) is 10.3 Å². The largest absolute Gasteiger partial charge is 0.487 e. The maximum Gasteiger partial charge on any atom is 0.259 e. The lowest BCUT2D eigenvalue weighted by Crippen LogP contribution is -2.21. The molecule has 0 atom stereocenters. The second-order valence-electron chi connectivity index (χ2n) is 4.11. The molecule has 0 spiro atoms. The number of thiocarbonyl (C=S) groups is 2. The van der Waals surface area contributed by atoms with E-state index in [1.165, 1.54) is 19.6 Å². The highest BCUT2D eigenvalue weighted by atomic mass is 32.1. The number of pyridine rings is 1. The van der Waals surface area contributed by atoms with E-state index in [0.717, 1.165) is 5.56 Å². The maximum atomic E-state index is 8.66. The molecule has 0 amide bonds. The summed E-state index contributed by atoms with van der Waals surface area (Å²) in [6.45, 7) is 12.1. The minimum Gasteiger partial charge on any atom is -0.487 e. The molecule has 1 rings (SSSR count). The van der Waals surface area contributed by atoms with Crippen molar-refractivity contribution < 1.29 is 10.2 Å². The first-order valence-electron chi connectivity index (χ1n) is 6.90. The van der Waals surface area contributed by atoms with Crippen molar-refractivity contribution in [2.45, 2.75) is 27.7 Å². The van der Waals surface area contributed by atoms with Crippen LogP contribution in [-0.4, -0.2) is 50.1 Å². The molecule has 8 heteroatoms. The number of hydrogen-bond acceptors (Lipinski definition) is 4. The SMILES string of the molecule is CCN(CC)CC.Cc1ccc(NC(O)=S)nc1.NC(O)=S. The van der Waals surface area contributed by atoms with Crippen molar-refractivity contribution in [3.05, 3.63) is 23.9 Å². The molecule has 1 aromatic rings. The normalized spacial score (nSPS) is 8.95. The van der Waals surface area contributed by atoms with Gasteiger partial charge in [-0.2, -0.15) is 0 Å². The molecule has 0 aromatic carbocycles. The average molecular weight is 347 g/mol. The van der Waals surface area contributed by atoms with E-state index in [1.54, 1.807) is 12.3 Å². The third kappa shape index (κ3) is 16.5. The molecule has 22 heavy (non-hydrogen) atoms. The highest BCUT2D eigenvalue weighted by molar-refractivity contribution is 7.80. The number of nitrogens with zero attached hydrogens (tertiary/aromatic N) is 2. The van der Waals surface area contributed by atoms with Gasteiger partial charge < -0.3 is 26.2 Å². The minimum atomic E-state index is -0.500. The maximum absolute atomic E-state index is 8.66. The van der Waals surface area contributed by atoms with E-state index in [1.807, 2.05) is 13.0 Å². The number of aromatic nitrogens is 1. The molecule has 0 unspecified atom stereocenters. The molecule has 0 aliphatic heterocycles. The Labute approximate surface area is 143 Å². The third-order valence-electron chi connectivity index (χ3n) is 2.49. The first-order valence-corrected chi connectivity index (χ1v) is 7.71. The van der Waals surface area contributed by atoms with Gasteiger partial charge in [0.15, 0.2) is 0 Å². The van der Waals surface area contributed by atoms with Crippen LogP contribution in [0.4, 0.5) is 5.82 Å². The quantitative estimate of drug-likeness (QED) is 0.618. The summed E-state index contributed by atoms with van der Waals surface area (Å²) >= 11 is 8.29. The van der Waals surface area contributed by atoms with Gasteiger partial charge in [0.2, 0.25) is 0 Å². The van der Waals surface area contributed by atoms with Crippen molar-refractivity contribution in [2.24, 2.45) is 5.73 Å². The van der Waals surface area contributed by atoms with Crippen LogP contribution in [0.3, 0.4) is 0 Å². The average Bonchev–Trinajstić information content (AvgIpc) is 2.43. The van der Waals surface area contributed by atoms with Crippen LogP contribution < -0.4 is 11.1 Å². The molecule has 1 aromatic heterocycles. The van der Waals surface area contributed by atoms with Gasteiger partial charge in [-0.05, 0) is 62.6 Å². The van der Waals surface area contributed by atoms with E-state index in [2.05, 4.69) is 66.1 Å². The summed E-state index contributed by atoms with van der Waals surface area (Å²) in [4.78, 5) is 6.33. The van der Waals surface area contributed by atoms with E-state index >= 15 is 0 Å². The van der Waals surface area contributed by atoms with E-state index in [4.69, 9.17) is 10.2 Å². The number of nitrogens with one attached hydrogen (secondary N) is 1. The zero-order valence-corrected chi connectivity index (χ0v) is 15.2. The number of aliphatic hydroxyl groups excluding tert-OH is 2. The van der Waals surface area contributed by atoms with E-state index in [9.17, 15) is 0 Å². The van der Waals surface area contributed by atoms with Crippen LogP contribution in [0.5, 0.6) is 0 Å². The van der Waals surface area contributed by atoms with E-state index in [0.29, 0.717) is 5.82 Å². The third-order valence-corrected chi connectivity index (χ3v) is 2.59. The number of rotatable bonds is 4. The topological polar surface area (TPSA) is 94.6 Å². The van der Waals surface area contributed by atoms with Gasteiger partial charge in [-0.1, -0.05) is 26.8 Å². The summed E-state index contributed by atoms with van der Waals surface area (Å²) in [5.41, 5.74) is 5.47. The summed E-state index contributed by atoms with van der Waals surface area (Å²) in [5.74, 6) is 0.558. The standard InChI is InChI=1S/C7H8N2OS.C6H15N.CH3NOS/c1-5-2-3-6(8-4-5)9-7(10)11;1-4-7(5-2)6-3;2-1(3)4/h2-4H,1H3,(H2,8,9,10,11);4-6H2,1-3H3;(H3,2,3,4). The van der Waals surface area contributed by atoms with Crippen molar-refractivity contribution in [3.8, 4) is 0 Å². The number of hydrogen-bond donors (Lipinski definition) is 4. The van der Waals surface area contributed by atoms with Gasteiger partial charge in [0.1, 0.15) is 5.82 Å². The van der Waals surface area contributed by atoms with Crippen molar-refractivity contribution >= 4 is 40.6 Å². The van der Waals surface area contributed by atoms with Gasteiger partial charge in [0.05, 0.1) is 0 Å². The highest BCUT2D eigenvalue weighted by Crippen LogP contribution is 2.02. The molecular formula is C14H26N4O2S2. The molecule has 0 fully saturated rings. The number of aryl methyl sites for hydroxylation is 1. The summed E-state index contributed by atoms with van der Waals surface area (Å²) in [5, 5.41) is 18.0. The van der Waals surface area contributed by atoms with Crippen LogP contribution >= 0.6 is 24.4 Å². The Kier molecular flexibility index (Phi) is 14.9. The van der Waals surface area contributed by atoms with Crippen molar-refractivity contribution in [1.29, 1.82) is 0 Å². The van der Waals surface area contributed by atoms with E-state index < -0.39 is 5.17 Å². The fourth-order valence-electron chi connectivity index (χ4n) is 1.32. The van der Waals surface area contributed by atoms with Crippen LogP contribution in [0.2, 0.25) is 0 Å². The second kappa shape index (κ2) is 14.4. The Bertz CT molecular complexity index is 414. The van der Waals surface area contributed by atoms with Gasteiger partial charge in [0, 0.05) is 6.20 Å². The summed E-state index contributed by atoms with van der Waals surface area (Å²) < 4.78 is 0. The Morgan fingerprint density at radius 3 is 1.86 bits per heavy atom. The molecule has 0 radical (unpaired) electrons. The van der Waals surface area contributed by atoms with Gasteiger partial charge >= 0.3 is 0 Å². The van der Waals surface area contributed by atoms with Gasteiger partial charge in [-0.3, -0.25) is 0 Å². The lowest BCUT2D eigenvalue weighted by atomic mass is 10.3. The lowest BCUT2D eigenvalue weighted by Gasteiger charge is -2.13. The monoisotopic (exact) mass is 346 g/mol. The summed E-state index contributed by atoms with van der Waals surface area (Å²) in [6, 6.07) is 3.63. The number of anilines is 1. The Morgan fingerprint density at radius 2 is 1.64 bits per heavy atom. The summed E-state index contributed by atoms with van der Waals surface area (Å²) in [7, 11) is 0. The second-order valence-corrected chi connectivity index (χ2v) is 4.91. The number of nitrogens with two attached hydrogens (primary N) is 1. The molecule has 0 saturated heterocycles. The van der Waals surface area contributed by atoms with Crippen LogP contribution in [0.15, 0.2) is 18.3 Å². The molecule has 0 bridgehead atoms. The number of aliphatic hydroxyl groups is 2. The molecule has 6 nitrogen and oxygen atoms in total. The minimum absolute atomic E-state index is 0.263. The first-order chi connectivity index (χ1) is 10.3. The smallest absolute Gasteiger partial charge is 0.259 e. The molecule has 1 heterocycles. The summed E-state index contributed by atoms with van der Waals surface area (Å²) in [6.07, 6.45) is 1.70. The van der Waals surface area contributed by atoms with Crippen LogP contribution in [-0.2, 0) is 0 Å². The Balaban J connectivity index is 0. The van der Waals surface area contributed by atoms with Crippen LogP contribution in [0, 0.1) is 6.92 Å². The highest BCUT2D eigenvalue weighted by Gasteiger charge is 1.93. The first kappa shape index (κ1) is 22.8. The Hall–Kier alpha value is -1.51. The van der Waals surface area contributed by atoms with Gasteiger partial charge in [-0.25, -0.2) is 4.98 Å². The van der Waals surface area contributed by atoms with Crippen molar-refractivity contribution in [1.82, 2.24) is 9.88 Å². The van der Waals surface area contributed by atoms with Crippen molar-refractivity contribution in [2.75, 3.05) is 25.0 Å². The predicted molar refractivity (Wildman–Crippen MR) is 101 cm³/mol. The molecular weight excluding hydrogens is 320 g/mol. The molecule has 5 N–H and O–H groups in total. The molecule has 0 aliphatic carbocycles. The molecule has 0 aliphatic rings. The van der Waals surface area contributed by atoms with E-state index in [-0.39, 0.29) is 5.17 Å². The molecule has 126 valence electrons.